The van der Waals surface area contributed by atoms with Crippen molar-refractivity contribution >= 4 is 41.3 Å². The molecule has 0 amide bonds. The van der Waals surface area contributed by atoms with Crippen molar-refractivity contribution < 1.29 is 0 Å². The van der Waals surface area contributed by atoms with Gasteiger partial charge in [0.15, 0.2) is 5.96 Å². The van der Waals surface area contributed by atoms with E-state index in [9.17, 15) is 0 Å². The summed E-state index contributed by atoms with van der Waals surface area (Å²) in [6.07, 6.45) is 3.70. The first kappa shape index (κ1) is 20.9. The molecule has 0 aromatic carbocycles. The average molecular weight is 458 g/mol. The van der Waals surface area contributed by atoms with Crippen LogP contribution < -0.4 is 10.6 Å². The second-order valence-electron chi connectivity index (χ2n) is 5.59. The van der Waals surface area contributed by atoms with E-state index in [2.05, 4.69) is 53.5 Å². The molecule has 2 aromatic rings. The second-order valence-corrected chi connectivity index (χ2v) is 6.97. The molecular weight excluding hydrogens is 431 g/mol. The number of hydrogen-bond donors (Lipinski definition) is 2. The lowest BCUT2D eigenvalue weighted by Crippen LogP contribution is -2.43. The molecule has 132 valence electrons. The second kappa shape index (κ2) is 11.4. The Balaban J connectivity index is 0.00000288. The van der Waals surface area contributed by atoms with Gasteiger partial charge in [0.25, 0.3) is 0 Å². The fraction of sp³-hybridized carbons (Fsp3) is 0.444. The summed E-state index contributed by atoms with van der Waals surface area (Å²) in [7, 11) is 0. The topological polar surface area (TPSA) is 49.3 Å². The van der Waals surface area contributed by atoms with Gasteiger partial charge in [-0.1, -0.05) is 6.07 Å². The smallest absolute Gasteiger partial charge is 0.191 e. The lowest BCUT2D eigenvalue weighted by Gasteiger charge is -2.17. The summed E-state index contributed by atoms with van der Waals surface area (Å²) >= 11 is 1.86. The van der Waals surface area contributed by atoms with Crippen LogP contribution in [-0.2, 0) is 12.8 Å². The van der Waals surface area contributed by atoms with Crippen molar-refractivity contribution in [2.45, 2.75) is 39.7 Å². The fourth-order valence-corrected chi connectivity index (χ4v) is 3.35. The molecule has 4 nitrogen and oxygen atoms in total. The Labute approximate surface area is 166 Å². The molecule has 0 aliphatic carbocycles. The van der Waals surface area contributed by atoms with Crippen LogP contribution in [0.1, 0.15) is 29.3 Å². The first-order chi connectivity index (χ1) is 11.2. The summed E-state index contributed by atoms with van der Waals surface area (Å²) in [6, 6.07) is 10.7. The third-order valence-corrected chi connectivity index (χ3v) is 4.42. The van der Waals surface area contributed by atoms with Crippen LogP contribution >= 0.6 is 35.3 Å². The molecule has 0 saturated carbocycles. The summed E-state index contributed by atoms with van der Waals surface area (Å²) in [5.41, 5.74) is 1.08. The number of aromatic nitrogens is 1. The summed E-state index contributed by atoms with van der Waals surface area (Å²) in [5.74, 6) is 0.879. The number of rotatable bonds is 7. The van der Waals surface area contributed by atoms with E-state index in [1.807, 2.05) is 35.7 Å². The van der Waals surface area contributed by atoms with E-state index in [0.29, 0.717) is 6.04 Å². The number of guanidine groups is 1. The quantitative estimate of drug-likeness (QED) is 0.377. The predicted octanol–water partition coefficient (Wildman–Crippen LogP) is 3.80. The van der Waals surface area contributed by atoms with Crippen molar-refractivity contribution in [2.24, 2.45) is 4.99 Å². The highest BCUT2D eigenvalue weighted by Crippen LogP contribution is 2.16. The highest BCUT2D eigenvalue weighted by molar-refractivity contribution is 14.0. The zero-order valence-electron chi connectivity index (χ0n) is 14.6. The van der Waals surface area contributed by atoms with Gasteiger partial charge in [-0.3, -0.25) is 9.98 Å². The average Bonchev–Trinajstić information content (AvgIpc) is 2.93. The van der Waals surface area contributed by atoms with E-state index in [1.165, 1.54) is 9.75 Å². The fourth-order valence-electron chi connectivity index (χ4n) is 2.33. The first-order valence-electron chi connectivity index (χ1n) is 8.17. The summed E-state index contributed by atoms with van der Waals surface area (Å²) in [6.45, 7) is 8.02. The molecule has 2 heterocycles. The van der Waals surface area contributed by atoms with Gasteiger partial charge in [-0.2, -0.15) is 0 Å². The Hall–Kier alpha value is -1.15. The van der Waals surface area contributed by atoms with E-state index in [1.54, 1.807) is 0 Å². The van der Waals surface area contributed by atoms with E-state index in [0.717, 1.165) is 37.6 Å². The Bertz CT molecular complexity index is 612. The third kappa shape index (κ3) is 7.61. The maximum atomic E-state index is 4.65. The largest absolute Gasteiger partial charge is 0.357 e. The molecule has 24 heavy (non-hydrogen) atoms. The molecule has 1 unspecified atom stereocenters. The molecule has 2 N–H and O–H groups in total. The van der Waals surface area contributed by atoms with Crippen molar-refractivity contribution in [3.63, 3.8) is 0 Å². The molecule has 0 fully saturated rings. The van der Waals surface area contributed by atoms with Crippen molar-refractivity contribution in [3.8, 4) is 0 Å². The van der Waals surface area contributed by atoms with Crippen LogP contribution in [0.3, 0.4) is 0 Å². The standard InChI is InChI=1S/C18H26N4S.HI/c1-4-19-18(21-12-10-16-7-5-6-11-20-16)22-14(2)13-17-9-8-15(3)23-17;/h5-9,11,14H,4,10,12-13H2,1-3H3,(H2,19,21,22);1H. The molecule has 0 spiro atoms. The molecule has 0 aliphatic heterocycles. The SMILES string of the molecule is CCNC(=NCCc1ccccn1)NC(C)Cc1ccc(C)s1.I. The van der Waals surface area contributed by atoms with Crippen LogP contribution in [0.25, 0.3) is 0 Å². The van der Waals surface area contributed by atoms with Gasteiger partial charge in [-0.05, 0) is 45.0 Å². The molecule has 0 bridgehead atoms. The van der Waals surface area contributed by atoms with E-state index < -0.39 is 0 Å². The number of aryl methyl sites for hydroxylation is 1. The number of halogens is 1. The highest BCUT2D eigenvalue weighted by atomic mass is 127. The van der Waals surface area contributed by atoms with E-state index in [4.69, 9.17) is 0 Å². The summed E-state index contributed by atoms with van der Waals surface area (Å²) in [5, 5.41) is 6.80. The van der Waals surface area contributed by atoms with Gasteiger partial charge in [0, 0.05) is 53.6 Å². The molecule has 6 heteroatoms. The Morgan fingerprint density at radius 2 is 2.12 bits per heavy atom. The molecule has 0 aliphatic rings. The maximum Gasteiger partial charge on any atom is 0.191 e. The predicted molar refractivity (Wildman–Crippen MR) is 115 cm³/mol. The molecule has 2 aromatic heterocycles. The molecule has 1 atom stereocenters. The molecular formula is C18H27IN4S. The van der Waals surface area contributed by atoms with Gasteiger partial charge in [-0.25, -0.2) is 0 Å². The van der Waals surface area contributed by atoms with Crippen LogP contribution in [0.5, 0.6) is 0 Å². The zero-order valence-corrected chi connectivity index (χ0v) is 17.7. The van der Waals surface area contributed by atoms with Crippen LogP contribution in [0.2, 0.25) is 0 Å². The number of hydrogen-bond acceptors (Lipinski definition) is 3. The minimum atomic E-state index is 0. The number of nitrogens with one attached hydrogen (secondary N) is 2. The monoisotopic (exact) mass is 458 g/mol. The van der Waals surface area contributed by atoms with Crippen molar-refractivity contribution in [1.82, 2.24) is 15.6 Å². The Morgan fingerprint density at radius 3 is 2.75 bits per heavy atom. The first-order valence-corrected chi connectivity index (χ1v) is 8.99. The van der Waals surface area contributed by atoms with Crippen LogP contribution in [-0.4, -0.2) is 30.1 Å². The maximum absolute atomic E-state index is 4.65. The van der Waals surface area contributed by atoms with Gasteiger partial charge in [0.1, 0.15) is 0 Å². The normalized spacial score (nSPS) is 12.4. The Morgan fingerprint density at radius 1 is 1.29 bits per heavy atom. The van der Waals surface area contributed by atoms with Gasteiger partial charge < -0.3 is 10.6 Å². The summed E-state index contributed by atoms with van der Waals surface area (Å²) in [4.78, 5) is 11.8. The van der Waals surface area contributed by atoms with Crippen molar-refractivity contribution in [3.05, 3.63) is 52.0 Å². The third-order valence-electron chi connectivity index (χ3n) is 3.39. The minimum absolute atomic E-state index is 0. The minimum Gasteiger partial charge on any atom is -0.357 e. The van der Waals surface area contributed by atoms with Crippen LogP contribution in [0.4, 0.5) is 0 Å². The molecule has 0 saturated heterocycles. The van der Waals surface area contributed by atoms with Gasteiger partial charge >= 0.3 is 0 Å². The van der Waals surface area contributed by atoms with Gasteiger partial charge in [0.05, 0.1) is 0 Å². The molecule has 0 radical (unpaired) electrons. The number of aliphatic imine (C=N–C) groups is 1. The number of nitrogens with zero attached hydrogens (tertiary/aromatic N) is 2. The van der Waals surface area contributed by atoms with E-state index >= 15 is 0 Å². The number of thiophene rings is 1. The lowest BCUT2D eigenvalue weighted by molar-refractivity contribution is 0.645. The van der Waals surface area contributed by atoms with Crippen LogP contribution in [0, 0.1) is 6.92 Å². The van der Waals surface area contributed by atoms with Crippen molar-refractivity contribution in [1.29, 1.82) is 0 Å². The Kier molecular flexibility index (Phi) is 9.94. The number of pyridine rings is 1. The van der Waals surface area contributed by atoms with Gasteiger partial charge in [-0.15, -0.1) is 35.3 Å². The highest BCUT2D eigenvalue weighted by Gasteiger charge is 2.07. The van der Waals surface area contributed by atoms with E-state index in [-0.39, 0.29) is 24.0 Å². The van der Waals surface area contributed by atoms with Gasteiger partial charge in [0.2, 0.25) is 0 Å². The lowest BCUT2D eigenvalue weighted by atomic mass is 10.2. The molecule has 2 rings (SSSR count). The summed E-state index contributed by atoms with van der Waals surface area (Å²) < 4.78 is 0. The van der Waals surface area contributed by atoms with Crippen molar-refractivity contribution in [2.75, 3.05) is 13.1 Å². The zero-order chi connectivity index (χ0) is 16.5. The van der Waals surface area contributed by atoms with Crippen LogP contribution in [0.15, 0.2) is 41.5 Å².